The van der Waals surface area contributed by atoms with E-state index in [-0.39, 0.29) is 5.91 Å². The first kappa shape index (κ1) is 14.0. The monoisotopic (exact) mass is 289 g/mol. The fourth-order valence-corrected chi connectivity index (χ4v) is 2.90. The van der Waals surface area contributed by atoms with Gasteiger partial charge in [-0.1, -0.05) is 36.2 Å². The van der Waals surface area contributed by atoms with Gasteiger partial charge in [0.15, 0.2) is 0 Å². The Bertz CT molecular complexity index is 228. The summed E-state index contributed by atoms with van der Waals surface area (Å²) in [6.07, 6.45) is 7.60. The smallest absolute Gasteiger partial charge is 0.220 e. The Hall–Kier alpha value is -0.0500. The Balaban J connectivity index is 2.23. The number of unbranched alkanes of at least 4 members (excludes halogenated alkanes) is 1. The van der Waals surface area contributed by atoms with Gasteiger partial charge in [0, 0.05) is 17.8 Å². The van der Waals surface area contributed by atoms with Crippen LogP contribution in [0.1, 0.15) is 58.8 Å². The summed E-state index contributed by atoms with van der Waals surface area (Å²) >= 11 is 3.38. The molecule has 1 aliphatic rings. The highest BCUT2D eigenvalue weighted by atomic mass is 79.9. The molecule has 1 N–H and O–H groups in total. The number of amides is 1. The number of hydrogen-bond donors (Lipinski definition) is 1. The van der Waals surface area contributed by atoms with E-state index in [1.807, 2.05) is 0 Å². The molecule has 0 spiro atoms. The number of rotatable bonds is 5. The van der Waals surface area contributed by atoms with Gasteiger partial charge in [0.1, 0.15) is 0 Å². The average Bonchev–Trinajstić information content (AvgIpc) is 2.16. The Morgan fingerprint density at radius 1 is 1.44 bits per heavy atom. The summed E-state index contributed by atoms with van der Waals surface area (Å²) in [6.45, 7) is 4.60. The van der Waals surface area contributed by atoms with Crippen molar-refractivity contribution in [2.75, 3.05) is 5.33 Å². The van der Waals surface area contributed by atoms with Crippen LogP contribution in [0.15, 0.2) is 0 Å². The molecule has 0 aromatic heterocycles. The topological polar surface area (TPSA) is 29.1 Å². The zero-order valence-electron chi connectivity index (χ0n) is 10.5. The van der Waals surface area contributed by atoms with Crippen LogP contribution in [0.25, 0.3) is 0 Å². The number of alkyl halides is 1. The SMILES string of the molecule is CC1(C)CCCC(NC(=O)CCCCBr)C1. The van der Waals surface area contributed by atoms with Crippen LogP contribution in [-0.2, 0) is 4.79 Å². The van der Waals surface area contributed by atoms with Gasteiger partial charge >= 0.3 is 0 Å². The summed E-state index contributed by atoms with van der Waals surface area (Å²) in [5, 5.41) is 4.18. The lowest BCUT2D eigenvalue weighted by Gasteiger charge is -2.35. The third-order valence-corrected chi connectivity index (χ3v) is 3.92. The van der Waals surface area contributed by atoms with Crippen molar-refractivity contribution < 1.29 is 4.79 Å². The molecule has 1 fully saturated rings. The molecule has 1 amide bonds. The molecule has 0 aliphatic heterocycles. The minimum absolute atomic E-state index is 0.239. The number of carbonyl (C=O) groups excluding carboxylic acids is 1. The van der Waals surface area contributed by atoms with Crippen molar-refractivity contribution in [2.24, 2.45) is 5.41 Å². The molecule has 1 rings (SSSR count). The fourth-order valence-electron chi connectivity index (χ4n) is 2.50. The third kappa shape index (κ3) is 5.33. The highest BCUT2D eigenvalue weighted by Crippen LogP contribution is 2.35. The third-order valence-electron chi connectivity index (χ3n) is 3.36. The molecule has 0 bridgehead atoms. The van der Waals surface area contributed by atoms with E-state index in [2.05, 4.69) is 35.1 Å². The highest BCUT2D eigenvalue weighted by molar-refractivity contribution is 9.09. The maximum Gasteiger partial charge on any atom is 0.220 e. The largest absolute Gasteiger partial charge is 0.353 e. The molecule has 16 heavy (non-hydrogen) atoms. The lowest BCUT2D eigenvalue weighted by atomic mass is 9.75. The van der Waals surface area contributed by atoms with Crippen molar-refractivity contribution in [1.29, 1.82) is 0 Å². The lowest BCUT2D eigenvalue weighted by Crippen LogP contribution is -2.40. The predicted molar refractivity (Wildman–Crippen MR) is 71.8 cm³/mol. The van der Waals surface area contributed by atoms with Crippen LogP contribution < -0.4 is 5.32 Å². The van der Waals surface area contributed by atoms with Crippen LogP contribution >= 0.6 is 15.9 Å². The number of carbonyl (C=O) groups is 1. The molecule has 0 aromatic carbocycles. The summed E-state index contributed by atoms with van der Waals surface area (Å²) < 4.78 is 0. The molecule has 3 heteroatoms. The Labute approximate surface area is 108 Å². The van der Waals surface area contributed by atoms with Crippen LogP contribution in [0.3, 0.4) is 0 Å². The van der Waals surface area contributed by atoms with Gasteiger partial charge in [-0.25, -0.2) is 0 Å². The van der Waals surface area contributed by atoms with Gasteiger partial charge in [0.25, 0.3) is 0 Å². The standard InChI is InChI=1S/C13H24BrNO/c1-13(2)8-5-6-11(10-13)15-12(16)7-3-4-9-14/h11H,3-10H2,1-2H3,(H,15,16). The number of halogens is 1. The van der Waals surface area contributed by atoms with Gasteiger partial charge < -0.3 is 5.32 Å². The van der Waals surface area contributed by atoms with Crippen LogP contribution in [0, 0.1) is 5.41 Å². The number of nitrogens with one attached hydrogen (secondary N) is 1. The maximum absolute atomic E-state index is 11.7. The second-order valence-corrected chi connectivity index (χ2v) is 6.46. The lowest BCUT2D eigenvalue weighted by molar-refractivity contribution is -0.122. The van der Waals surface area contributed by atoms with Crippen LogP contribution in [0.2, 0.25) is 0 Å². The van der Waals surface area contributed by atoms with E-state index in [4.69, 9.17) is 0 Å². The molecule has 0 saturated heterocycles. The summed E-state index contributed by atoms with van der Waals surface area (Å²) in [4.78, 5) is 11.7. The van der Waals surface area contributed by atoms with E-state index in [1.165, 1.54) is 12.8 Å². The van der Waals surface area contributed by atoms with Gasteiger partial charge in [-0.2, -0.15) is 0 Å². The first-order valence-corrected chi connectivity index (χ1v) is 7.51. The molecule has 0 radical (unpaired) electrons. The molecule has 0 heterocycles. The van der Waals surface area contributed by atoms with E-state index >= 15 is 0 Å². The average molecular weight is 290 g/mol. The zero-order chi connectivity index (χ0) is 12.0. The van der Waals surface area contributed by atoms with Crippen LogP contribution in [-0.4, -0.2) is 17.3 Å². The minimum atomic E-state index is 0.239. The van der Waals surface area contributed by atoms with Gasteiger partial charge in [-0.15, -0.1) is 0 Å². The summed E-state index contributed by atoms with van der Waals surface area (Å²) in [5.74, 6) is 0.239. The van der Waals surface area contributed by atoms with E-state index in [0.29, 0.717) is 17.9 Å². The Morgan fingerprint density at radius 3 is 2.81 bits per heavy atom. The maximum atomic E-state index is 11.7. The highest BCUT2D eigenvalue weighted by Gasteiger charge is 2.28. The number of hydrogen-bond acceptors (Lipinski definition) is 1. The molecule has 1 unspecified atom stereocenters. The molecule has 1 saturated carbocycles. The van der Waals surface area contributed by atoms with E-state index in [1.54, 1.807) is 0 Å². The predicted octanol–water partition coefficient (Wildman–Crippen LogP) is 3.64. The van der Waals surface area contributed by atoms with Crippen LogP contribution in [0.5, 0.6) is 0 Å². The zero-order valence-corrected chi connectivity index (χ0v) is 12.1. The van der Waals surface area contributed by atoms with Gasteiger partial charge in [0.2, 0.25) is 5.91 Å². The Morgan fingerprint density at radius 2 is 2.19 bits per heavy atom. The molecular weight excluding hydrogens is 266 g/mol. The molecule has 1 aliphatic carbocycles. The molecule has 0 aromatic rings. The first-order chi connectivity index (χ1) is 7.53. The van der Waals surface area contributed by atoms with Crippen molar-refractivity contribution in [3.63, 3.8) is 0 Å². The van der Waals surface area contributed by atoms with Crippen LogP contribution in [0.4, 0.5) is 0 Å². The first-order valence-electron chi connectivity index (χ1n) is 6.39. The normalized spacial score (nSPS) is 24.1. The van der Waals surface area contributed by atoms with Gasteiger partial charge in [-0.05, 0) is 37.5 Å². The molecule has 2 nitrogen and oxygen atoms in total. The second-order valence-electron chi connectivity index (χ2n) is 5.67. The quantitative estimate of drug-likeness (QED) is 0.608. The second kappa shape index (κ2) is 6.63. The molecule has 94 valence electrons. The van der Waals surface area contributed by atoms with Crippen molar-refractivity contribution in [3.8, 4) is 0 Å². The van der Waals surface area contributed by atoms with Crippen molar-refractivity contribution in [1.82, 2.24) is 5.32 Å². The van der Waals surface area contributed by atoms with Crippen molar-refractivity contribution in [3.05, 3.63) is 0 Å². The van der Waals surface area contributed by atoms with E-state index in [9.17, 15) is 4.79 Å². The summed E-state index contributed by atoms with van der Waals surface area (Å²) in [6, 6.07) is 0.417. The molecular formula is C13H24BrNO. The van der Waals surface area contributed by atoms with Crippen molar-refractivity contribution in [2.45, 2.75) is 64.8 Å². The van der Waals surface area contributed by atoms with E-state index in [0.717, 1.165) is 31.0 Å². The van der Waals surface area contributed by atoms with E-state index < -0.39 is 0 Å². The summed E-state index contributed by atoms with van der Waals surface area (Å²) in [7, 11) is 0. The Kier molecular flexibility index (Phi) is 5.81. The fraction of sp³-hybridized carbons (Fsp3) is 0.923. The minimum Gasteiger partial charge on any atom is -0.353 e. The van der Waals surface area contributed by atoms with Gasteiger partial charge in [0.05, 0.1) is 0 Å². The molecule has 1 atom stereocenters. The summed E-state index contributed by atoms with van der Waals surface area (Å²) in [5.41, 5.74) is 0.409. The van der Waals surface area contributed by atoms with Gasteiger partial charge in [-0.3, -0.25) is 4.79 Å². The van der Waals surface area contributed by atoms with Crippen molar-refractivity contribution >= 4 is 21.8 Å².